The lowest BCUT2D eigenvalue weighted by atomic mass is 10.4. The smallest absolute Gasteiger partial charge is 0.292 e. The average Bonchev–Trinajstić information content (AvgIpc) is 2.18. The van der Waals surface area contributed by atoms with Gasteiger partial charge in [0.15, 0.2) is 0 Å². The topological polar surface area (TPSA) is 54.5 Å². The Morgan fingerprint density at radius 3 is 2.42 bits per heavy atom. The predicted octanol–water partition coefficient (Wildman–Crippen LogP) is -0.981. The number of hydrogen-bond donors (Lipinski definition) is 3. The highest BCUT2D eigenvalue weighted by Crippen LogP contribution is 2.15. The molecule has 1 heterocycles. The second kappa shape index (κ2) is 4.15. The molecule has 5 heteroatoms. The molecule has 0 aromatic heterocycles. The second-order valence-electron chi connectivity index (χ2n) is 2.65. The Balaban J connectivity index is 2.52. The molecule has 1 fully saturated rings. The minimum Gasteiger partial charge on any atom is -0.324 e. The highest BCUT2D eigenvalue weighted by atomic mass is 16.8. The Kier molecular flexibility index (Phi) is 3.42. The van der Waals surface area contributed by atoms with E-state index < -0.39 is 6.03 Å². The van der Waals surface area contributed by atoms with E-state index in [-0.39, 0.29) is 6.23 Å². The molecule has 12 heavy (non-hydrogen) atoms. The van der Waals surface area contributed by atoms with Gasteiger partial charge in [0.25, 0.3) is 6.03 Å². The van der Waals surface area contributed by atoms with Gasteiger partial charge in [0.1, 0.15) is 6.23 Å². The maximum Gasteiger partial charge on any atom is 0.292 e. The van der Waals surface area contributed by atoms with Crippen molar-refractivity contribution in [1.82, 2.24) is 16.0 Å². The van der Waals surface area contributed by atoms with Crippen molar-refractivity contribution in [1.29, 1.82) is 0 Å². The number of nitrogens with one attached hydrogen (secondary N) is 3. The first-order valence-electron chi connectivity index (χ1n) is 4.13. The summed E-state index contributed by atoms with van der Waals surface area (Å²) in [4.78, 5) is 0. The Labute approximate surface area is 72.8 Å². The van der Waals surface area contributed by atoms with Crippen LogP contribution in [0.2, 0.25) is 0 Å². The van der Waals surface area contributed by atoms with Crippen LogP contribution in [-0.2, 0) is 9.47 Å². The van der Waals surface area contributed by atoms with Gasteiger partial charge in [-0.15, -0.1) is 0 Å². The molecule has 0 amide bonds. The molecule has 0 radical (unpaired) electrons. The van der Waals surface area contributed by atoms with Crippen molar-refractivity contribution >= 4 is 0 Å². The first-order valence-corrected chi connectivity index (χ1v) is 4.13. The Hall–Kier alpha value is -0.200. The van der Waals surface area contributed by atoms with Crippen molar-refractivity contribution in [3.05, 3.63) is 0 Å². The lowest BCUT2D eigenvalue weighted by molar-refractivity contribution is -0.325. The van der Waals surface area contributed by atoms with Crippen molar-refractivity contribution in [2.75, 3.05) is 27.7 Å². The monoisotopic (exact) mass is 175 g/mol. The molecule has 1 aliphatic heterocycles. The Morgan fingerprint density at radius 1 is 1.25 bits per heavy atom. The zero-order valence-electron chi connectivity index (χ0n) is 7.81. The second-order valence-corrected chi connectivity index (χ2v) is 2.65. The first kappa shape index (κ1) is 9.88. The summed E-state index contributed by atoms with van der Waals surface area (Å²) in [6.07, 6.45) is 0.903. The molecule has 1 saturated heterocycles. The summed E-state index contributed by atoms with van der Waals surface area (Å²) in [5.74, 6) is 0. The number of rotatable bonds is 3. The van der Waals surface area contributed by atoms with Crippen LogP contribution in [0.1, 0.15) is 6.42 Å². The van der Waals surface area contributed by atoms with Crippen molar-refractivity contribution < 1.29 is 9.47 Å². The molecule has 0 saturated carbocycles. The predicted molar refractivity (Wildman–Crippen MR) is 45.4 cm³/mol. The molecular formula is C7H17N3O2. The normalized spacial score (nSPS) is 28.8. The Bertz CT molecular complexity index is 139. The van der Waals surface area contributed by atoms with E-state index in [9.17, 15) is 0 Å². The van der Waals surface area contributed by atoms with E-state index in [2.05, 4.69) is 16.0 Å². The van der Waals surface area contributed by atoms with Crippen LogP contribution in [0.4, 0.5) is 0 Å². The fourth-order valence-corrected chi connectivity index (χ4v) is 1.19. The van der Waals surface area contributed by atoms with E-state index in [0.717, 1.165) is 6.42 Å². The van der Waals surface area contributed by atoms with Crippen LogP contribution in [0.25, 0.3) is 0 Å². The van der Waals surface area contributed by atoms with Gasteiger partial charge < -0.3 is 9.47 Å². The third kappa shape index (κ3) is 1.94. The van der Waals surface area contributed by atoms with E-state index >= 15 is 0 Å². The van der Waals surface area contributed by atoms with E-state index in [0.29, 0.717) is 6.61 Å². The average molecular weight is 175 g/mol. The van der Waals surface area contributed by atoms with Crippen LogP contribution in [0, 0.1) is 0 Å². The number of ether oxygens (including phenoxy) is 2. The highest BCUT2D eigenvalue weighted by Gasteiger charge is 2.35. The molecule has 5 nitrogen and oxygen atoms in total. The van der Waals surface area contributed by atoms with Crippen LogP contribution in [0.15, 0.2) is 0 Å². The van der Waals surface area contributed by atoms with Gasteiger partial charge in [0.2, 0.25) is 0 Å². The third-order valence-electron chi connectivity index (χ3n) is 1.97. The molecular weight excluding hydrogens is 158 g/mol. The number of hydrogen-bond acceptors (Lipinski definition) is 5. The van der Waals surface area contributed by atoms with Gasteiger partial charge in [-0.2, -0.15) is 0 Å². The van der Waals surface area contributed by atoms with Crippen molar-refractivity contribution in [2.24, 2.45) is 0 Å². The van der Waals surface area contributed by atoms with E-state index in [1.165, 1.54) is 0 Å². The molecule has 0 aromatic rings. The van der Waals surface area contributed by atoms with Gasteiger partial charge in [0, 0.05) is 6.42 Å². The quantitative estimate of drug-likeness (QED) is 0.481. The van der Waals surface area contributed by atoms with E-state index in [1.807, 2.05) is 7.05 Å². The van der Waals surface area contributed by atoms with Gasteiger partial charge in [-0.05, 0) is 21.1 Å². The van der Waals surface area contributed by atoms with Crippen LogP contribution >= 0.6 is 0 Å². The third-order valence-corrected chi connectivity index (χ3v) is 1.97. The van der Waals surface area contributed by atoms with Gasteiger partial charge >= 0.3 is 0 Å². The zero-order chi connectivity index (χ0) is 9.03. The molecule has 72 valence electrons. The minimum absolute atomic E-state index is 0.0404. The van der Waals surface area contributed by atoms with E-state index in [4.69, 9.17) is 9.47 Å². The first-order chi connectivity index (χ1) is 5.76. The van der Waals surface area contributed by atoms with Gasteiger partial charge in [-0.1, -0.05) is 0 Å². The molecule has 3 N–H and O–H groups in total. The molecule has 0 aliphatic carbocycles. The molecule has 0 spiro atoms. The summed E-state index contributed by atoms with van der Waals surface area (Å²) in [5, 5.41) is 8.92. The largest absolute Gasteiger partial charge is 0.324 e. The molecule has 1 rings (SSSR count). The highest BCUT2D eigenvalue weighted by molar-refractivity contribution is 4.67. The van der Waals surface area contributed by atoms with Gasteiger partial charge in [0.05, 0.1) is 6.61 Å². The van der Waals surface area contributed by atoms with Crippen LogP contribution in [0.5, 0.6) is 0 Å². The SMILES string of the molecule is CNC1CCOC(NC)(NC)O1. The van der Waals surface area contributed by atoms with Gasteiger partial charge in [-0.25, -0.2) is 0 Å². The van der Waals surface area contributed by atoms with Crippen molar-refractivity contribution in [3.8, 4) is 0 Å². The fourth-order valence-electron chi connectivity index (χ4n) is 1.19. The van der Waals surface area contributed by atoms with Gasteiger partial charge in [-0.3, -0.25) is 16.0 Å². The Morgan fingerprint density at radius 2 is 1.92 bits per heavy atom. The van der Waals surface area contributed by atoms with Crippen LogP contribution in [0.3, 0.4) is 0 Å². The zero-order valence-corrected chi connectivity index (χ0v) is 7.81. The maximum atomic E-state index is 5.57. The maximum absolute atomic E-state index is 5.57. The van der Waals surface area contributed by atoms with Crippen molar-refractivity contribution in [2.45, 2.75) is 18.7 Å². The van der Waals surface area contributed by atoms with Crippen molar-refractivity contribution in [3.63, 3.8) is 0 Å². The standard InChI is InChI=1S/C7H17N3O2/c1-8-6-4-5-11-7(9-2,10-3)12-6/h6,8-10H,4-5H2,1-3H3. The molecule has 1 aliphatic rings. The summed E-state index contributed by atoms with van der Waals surface area (Å²) in [5.41, 5.74) is 0. The van der Waals surface area contributed by atoms with Crippen LogP contribution < -0.4 is 16.0 Å². The fraction of sp³-hybridized carbons (Fsp3) is 1.00. The lowest BCUT2D eigenvalue weighted by Crippen LogP contribution is -2.63. The lowest BCUT2D eigenvalue weighted by Gasteiger charge is -2.39. The molecule has 1 atom stereocenters. The summed E-state index contributed by atoms with van der Waals surface area (Å²) in [6.45, 7) is 0.674. The summed E-state index contributed by atoms with van der Waals surface area (Å²) in [7, 11) is 5.44. The molecule has 1 unspecified atom stereocenters. The van der Waals surface area contributed by atoms with Crippen LogP contribution in [-0.4, -0.2) is 40.0 Å². The summed E-state index contributed by atoms with van der Waals surface area (Å²) in [6, 6.07) is -0.827. The molecule has 0 aromatic carbocycles. The summed E-state index contributed by atoms with van der Waals surface area (Å²) < 4.78 is 11.0. The summed E-state index contributed by atoms with van der Waals surface area (Å²) >= 11 is 0. The molecule has 0 bridgehead atoms. The minimum atomic E-state index is -0.827. The van der Waals surface area contributed by atoms with E-state index in [1.54, 1.807) is 14.1 Å².